The Morgan fingerprint density at radius 2 is 2.08 bits per heavy atom. The van der Waals surface area contributed by atoms with Crippen LogP contribution in [0.5, 0.6) is 5.75 Å². The van der Waals surface area contributed by atoms with Crippen LogP contribution in [0.25, 0.3) is 10.9 Å². The van der Waals surface area contributed by atoms with Gasteiger partial charge >= 0.3 is 7.32 Å². The van der Waals surface area contributed by atoms with Crippen LogP contribution < -0.4 is 4.65 Å². The van der Waals surface area contributed by atoms with Crippen molar-refractivity contribution in [1.82, 2.24) is 4.98 Å². The molecule has 13 heavy (non-hydrogen) atoms. The normalized spacial score (nSPS) is 10.3. The smallest absolute Gasteiger partial charge is 0.510 e. The molecule has 1 aromatic heterocycles. The van der Waals surface area contributed by atoms with E-state index in [0.717, 1.165) is 10.9 Å². The molecule has 0 spiro atoms. The summed E-state index contributed by atoms with van der Waals surface area (Å²) >= 11 is 0. The Bertz CT molecular complexity index is 412. The zero-order valence-electron chi connectivity index (χ0n) is 6.77. The highest BCUT2D eigenvalue weighted by Gasteiger charge is 2.13. The van der Waals surface area contributed by atoms with Gasteiger partial charge in [0.2, 0.25) is 0 Å². The van der Waals surface area contributed by atoms with Gasteiger partial charge in [0.1, 0.15) is 5.75 Å². The van der Waals surface area contributed by atoms with Gasteiger partial charge in [0.05, 0.1) is 5.52 Å². The molecule has 1 aromatic carbocycles. The van der Waals surface area contributed by atoms with Crippen molar-refractivity contribution in [2.45, 2.75) is 0 Å². The fourth-order valence-corrected chi connectivity index (χ4v) is 1.27. The van der Waals surface area contributed by atoms with E-state index in [-0.39, 0.29) is 0 Å². The number of aromatic amines is 1. The Morgan fingerprint density at radius 1 is 1.23 bits per heavy atom. The van der Waals surface area contributed by atoms with Crippen molar-refractivity contribution in [1.29, 1.82) is 0 Å². The maximum Gasteiger partial charge on any atom is 0.707 e. The van der Waals surface area contributed by atoms with Crippen molar-refractivity contribution in [3.8, 4) is 5.75 Å². The van der Waals surface area contributed by atoms with E-state index in [9.17, 15) is 0 Å². The first-order valence-electron chi connectivity index (χ1n) is 3.86. The summed E-state index contributed by atoms with van der Waals surface area (Å²) in [6.07, 6.45) is 1.77. The van der Waals surface area contributed by atoms with E-state index in [0.29, 0.717) is 5.75 Å². The van der Waals surface area contributed by atoms with Crippen LogP contribution in [-0.2, 0) is 0 Å². The number of benzene rings is 1. The van der Waals surface area contributed by atoms with Crippen LogP contribution in [0.4, 0.5) is 0 Å². The summed E-state index contributed by atoms with van der Waals surface area (Å²) < 4.78 is 4.77. The average molecular weight is 177 g/mol. The van der Waals surface area contributed by atoms with Gasteiger partial charge in [-0.2, -0.15) is 0 Å². The molecule has 0 bridgehead atoms. The number of rotatable bonds is 2. The molecule has 0 unspecified atom stereocenters. The Balaban J connectivity index is 2.48. The number of nitrogens with one attached hydrogen (secondary N) is 1. The van der Waals surface area contributed by atoms with Gasteiger partial charge in [-0.3, -0.25) is 0 Å². The highest BCUT2D eigenvalue weighted by molar-refractivity contribution is 6.34. The first kappa shape index (κ1) is 8.16. The SMILES string of the molecule is OB(O)Oc1cccc2cc[nH]c12. The molecular weight excluding hydrogens is 169 g/mol. The van der Waals surface area contributed by atoms with Gasteiger partial charge in [0, 0.05) is 11.6 Å². The quantitative estimate of drug-likeness (QED) is 0.585. The van der Waals surface area contributed by atoms with E-state index in [1.54, 1.807) is 18.3 Å². The fraction of sp³-hybridized carbons (Fsp3) is 0. The Kier molecular flexibility index (Phi) is 1.96. The lowest BCUT2D eigenvalue weighted by Gasteiger charge is -2.04. The van der Waals surface area contributed by atoms with Gasteiger partial charge < -0.3 is 19.7 Å². The van der Waals surface area contributed by atoms with Crippen molar-refractivity contribution >= 4 is 18.2 Å². The highest BCUT2D eigenvalue weighted by atomic mass is 16.6. The molecule has 0 aliphatic rings. The predicted molar refractivity (Wildman–Crippen MR) is 49.1 cm³/mol. The van der Waals surface area contributed by atoms with Crippen LogP contribution in [0, 0.1) is 0 Å². The molecule has 2 aromatic rings. The molecule has 66 valence electrons. The maximum absolute atomic E-state index is 8.62. The van der Waals surface area contributed by atoms with Crippen molar-refractivity contribution < 1.29 is 14.7 Å². The molecule has 0 fully saturated rings. The van der Waals surface area contributed by atoms with E-state index < -0.39 is 7.32 Å². The summed E-state index contributed by atoms with van der Waals surface area (Å²) in [6.45, 7) is 0. The molecule has 0 saturated carbocycles. The van der Waals surface area contributed by atoms with E-state index >= 15 is 0 Å². The maximum atomic E-state index is 8.62. The summed E-state index contributed by atoms with van der Waals surface area (Å²) in [5.41, 5.74) is 0.760. The van der Waals surface area contributed by atoms with Gasteiger partial charge in [-0.05, 0) is 12.1 Å². The van der Waals surface area contributed by atoms with Crippen LogP contribution in [0.2, 0.25) is 0 Å². The third-order valence-corrected chi connectivity index (χ3v) is 1.78. The summed E-state index contributed by atoms with van der Waals surface area (Å²) in [5.74, 6) is 0.428. The number of hydrogen-bond acceptors (Lipinski definition) is 3. The predicted octanol–water partition coefficient (Wildman–Crippen LogP) is 0.516. The van der Waals surface area contributed by atoms with Gasteiger partial charge in [-0.15, -0.1) is 0 Å². The number of H-pyrrole nitrogens is 1. The van der Waals surface area contributed by atoms with Gasteiger partial charge in [0.15, 0.2) is 0 Å². The molecule has 0 aliphatic carbocycles. The summed E-state index contributed by atoms with van der Waals surface area (Å²) in [6, 6.07) is 7.24. The Morgan fingerprint density at radius 3 is 2.85 bits per heavy atom. The largest absolute Gasteiger partial charge is 0.707 e. The lowest BCUT2D eigenvalue weighted by Crippen LogP contribution is -2.20. The molecule has 2 rings (SSSR count). The standard InChI is InChI=1S/C8H8BNO3/c11-9(12)13-7-3-1-2-6-4-5-10-8(6)7/h1-5,10-12H. The third kappa shape index (κ3) is 1.51. The average Bonchev–Trinajstić information content (AvgIpc) is 2.51. The zero-order valence-corrected chi connectivity index (χ0v) is 6.77. The second-order valence-electron chi connectivity index (χ2n) is 2.64. The van der Waals surface area contributed by atoms with Crippen LogP contribution in [-0.4, -0.2) is 22.4 Å². The van der Waals surface area contributed by atoms with Crippen LogP contribution in [0.15, 0.2) is 30.5 Å². The molecule has 5 heteroatoms. The second kappa shape index (κ2) is 3.12. The molecule has 0 amide bonds. The molecule has 1 heterocycles. The van der Waals surface area contributed by atoms with Crippen molar-refractivity contribution in [2.75, 3.05) is 0 Å². The lowest BCUT2D eigenvalue weighted by molar-refractivity contribution is 0.289. The number of aromatic nitrogens is 1. The third-order valence-electron chi connectivity index (χ3n) is 1.78. The fourth-order valence-electron chi connectivity index (χ4n) is 1.27. The molecular formula is C8H8BNO3. The van der Waals surface area contributed by atoms with Crippen LogP contribution in [0.3, 0.4) is 0 Å². The van der Waals surface area contributed by atoms with E-state index in [2.05, 4.69) is 4.98 Å². The molecule has 0 atom stereocenters. The van der Waals surface area contributed by atoms with Gasteiger partial charge in [-0.25, -0.2) is 0 Å². The molecule has 3 N–H and O–H groups in total. The summed E-state index contributed by atoms with van der Waals surface area (Å²) in [5, 5.41) is 18.2. The molecule has 0 saturated heterocycles. The number of hydrogen-bond donors (Lipinski definition) is 3. The van der Waals surface area contributed by atoms with Crippen molar-refractivity contribution in [3.05, 3.63) is 30.5 Å². The van der Waals surface area contributed by atoms with Gasteiger partial charge in [0.25, 0.3) is 0 Å². The van der Waals surface area contributed by atoms with Crippen molar-refractivity contribution in [2.24, 2.45) is 0 Å². The van der Waals surface area contributed by atoms with E-state index in [4.69, 9.17) is 14.7 Å². The summed E-state index contributed by atoms with van der Waals surface area (Å²) in [7, 11) is -1.78. The van der Waals surface area contributed by atoms with E-state index in [1.807, 2.05) is 12.1 Å². The minimum Gasteiger partial charge on any atom is -0.510 e. The summed E-state index contributed by atoms with van der Waals surface area (Å²) in [4.78, 5) is 2.95. The number of para-hydroxylation sites is 1. The zero-order chi connectivity index (χ0) is 9.26. The monoisotopic (exact) mass is 177 g/mol. The first-order valence-corrected chi connectivity index (χ1v) is 3.86. The Labute approximate surface area is 75.0 Å². The minimum atomic E-state index is -1.78. The molecule has 0 radical (unpaired) electrons. The lowest BCUT2D eigenvalue weighted by atomic mass is 10.2. The molecule has 4 nitrogen and oxygen atoms in total. The topological polar surface area (TPSA) is 65.5 Å². The van der Waals surface area contributed by atoms with Gasteiger partial charge in [-0.1, -0.05) is 12.1 Å². The van der Waals surface area contributed by atoms with Crippen LogP contribution in [0.1, 0.15) is 0 Å². The first-order chi connectivity index (χ1) is 6.27. The minimum absolute atomic E-state index is 0.428. The highest BCUT2D eigenvalue weighted by Crippen LogP contribution is 2.23. The Hall–Kier alpha value is -1.46. The molecule has 0 aliphatic heterocycles. The number of fused-ring (bicyclic) bond motifs is 1. The second-order valence-corrected chi connectivity index (χ2v) is 2.64. The van der Waals surface area contributed by atoms with Crippen LogP contribution >= 0.6 is 0 Å². The van der Waals surface area contributed by atoms with E-state index in [1.165, 1.54) is 0 Å². The van der Waals surface area contributed by atoms with Crippen molar-refractivity contribution in [3.63, 3.8) is 0 Å².